The predicted octanol–water partition coefficient (Wildman–Crippen LogP) is 4.94. The maximum absolute atomic E-state index is 14.5. The standard InChI is InChI=1S/C39H54N4O8/c1-24(42(8)37(48)51-39(5,6)7)33(44)41-32(38(2,3)4)35(46)43-22-28(50-23-25-17-19-27(20-18-25)36(47)49-9)21-31(43)34(45)40-30-16-12-14-26-13-10-11-15-29(26)30/h10-11,13,15,17-20,24,28,30-32H,12,14,16,21-23H2,1-9H3,(H,40,45)(H,41,44). The number of nitrogens with zero attached hydrogens (tertiary/aromatic N) is 2. The van der Waals surface area contributed by atoms with E-state index in [0.717, 1.165) is 30.4 Å². The molecule has 1 aliphatic carbocycles. The molecule has 1 fully saturated rings. The van der Waals surface area contributed by atoms with Crippen LogP contribution in [0.1, 0.15) is 101 Å². The first kappa shape index (κ1) is 39.3. The first-order valence-electron chi connectivity index (χ1n) is 17.6. The number of rotatable bonds is 10. The molecule has 12 nitrogen and oxygen atoms in total. The highest BCUT2D eigenvalue weighted by Gasteiger charge is 2.46. The van der Waals surface area contributed by atoms with Gasteiger partial charge in [0.15, 0.2) is 0 Å². The van der Waals surface area contributed by atoms with Crippen molar-refractivity contribution in [1.82, 2.24) is 20.4 Å². The summed E-state index contributed by atoms with van der Waals surface area (Å²) in [5.74, 6) is -1.66. The third-order valence-corrected chi connectivity index (χ3v) is 9.44. The van der Waals surface area contributed by atoms with Gasteiger partial charge in [-0.3, -0.25) is 19.3 Å². The monoisotopic (exact) mass is 706 g/mol. The smallest absolute Gasteiger partial charge is 0.410 e. The summed E-state index contributed by atoms with van der Waals surface area (Å²) < 4.78 is 16.5. The van der Waals surface area contributed by atoms with Crippen LogP contribution in [0.25, 0.3) is 0 Å². The molecule has 5 atom stereocenters. The van der Waals surface area contributed by atoms with E-state index in [4.69, 9.17) is 14.2 Å². The minimum absolute atomic E-state index is 0.133. The summed E-state index contributed by atoms with van der Waals surface area (Å²) in [6.07, 6.45) is 1.79. The molecule has 2 N–H and O–H groups in total. The van der Waals surface area contributed by atoms with E-state index >= 15 is 0 Å². The molecule has 0 aromatic heterocycles. The summed E-state index contributed by atoms with van der Waals surface area (Å²) in [6.45, 7) is 12.7. The second-order valence-electron chi connectivity index (χ2n) is 15.6. The first-order chi connectivity index (χ1) is 23.9. The van der Waals surface area contributed by atoms with E-state index in [-0.39, 0.29) is 31.5 Å². The molecule has 4 amide bonds. The van der Waals surface area contributed by atoms with Crippen molar-refractivity contribution < 1.29 is 38.2 Å². The van der Waals surface area contributed by atoms with E-state index in [1.165, 1.54) is 29.5 Å². The van der Waals surface area contributed by atoms with Gasteiger partial charge in [-0.05, 0) is 81.2 Å². The number of nitrogens with one attached hydrogen (secondary N) is 2. The molecule has 2 aliphatic rings. The van der Waals surface area contributed by atoms with E-state index in [1.807, 2.05) is 39.0 Å². The summed E-state index contributed by atoms with van der Waals surface area (Å²) in [4.78, 5) is 69.5. The van der Waals surface area contributed by atoms with Gasteiger partial charge in [-0.2, -0.15) is 0 Å². The highest BCUT2D eigenvalue weighted by atomic mass is 16.6. The minimum atomic E-state index is -1.02. The van der Waals surface area contributed by atoms with Crippen LogP contribution >= 0.6 is 0 Å². The van der Waals surface area contributed by atoms with Gasteiger partial charge in [0.2, 0.25) is 17.7 Å². The lowest BCUT2D eigenvalue weighted by Crippen LogP contribution is -2.60. The normalized spacial score (nSPS) is 20.0. The maximum Gasteiger partial charge on any atom is 0.410 e. The molecule has 2 aromatic rings. The number of amides is 4. The van der Waals surface area contributed by atoms with Gasteiger partial charge in [-0.25, -0.2) is 9.59 Å². The fourth-order valence-electron chi connectivity index (χ4n) is 6.40. The van der Waals surface area contributed by atoms with Crippen molar-refractivity contribution >= 4 is 29.8 Å². The average Bonchev–Trinajstić information content (AvgIpc) is 3.52. The fraction of sp³-hybridized carbons (Fsp3) is 0.564. The second-order valence-corrected chi connectivity index (χ2v) is 15.6. The van der Waals surface area contributed by atoms with E-state index in [2.05, 4.69) is 16.7 Å². The Kier molecular flexibility index (Phi) is 12.5. The molecule has 0 radical (unpaired) electrons. The number of methoxy groups -OCH3 is 1. The minimum Gasteiger partial charge on any atom is -0.465 e. The summed E-state index contributed by atoms with van der Waals surface area (Å²) in [7, 11) is 2.80. The van der Waals surface area contributed by atoms with E-state index in [1.54, 1.807) is 52.0 Å². The highest BCUT2D eigenvalue weighted by molar-refractivity contribution is 5.95. The third-order valence-electron chi connectivity index (χ3n) is 9.44. The molecule has 2 aromatic carbocycles. The van der Waals surface area contributed by atoms with Crippen molar-refractivity contribution in [2.24, 2.45) is 5.41 Å². The molecule has 5 unspecified atom stereocenters. The third kappa shape index (κ3) is 10.1. The topological polar surface area (TPSA) is 144 Å². The van der Waals surface area contributed by atoms with E-state index in [9.17, 15) is 24.0 Å². The summed E-state index contributed by atoms with van der Waals surface area (Å²) >= 11 is 0. The maximum atomic E-state index is 14.5. The van der Waals surface area contributed by atoms with E-state index < -0.39 is 59.1 Å². The van der Waals surface area contributed by atoms with Gasteiger partial charge in [0.1, 0.15) is 23.7 Å². The number of likely N-dealkylation sites (tertiary alicyclic amines) is 1. The molecule has 4 rings (SSSR count). The van der Waals surface area contributed by atoms with Crippen LogP contribution in [0, 0.1) is 5.41 Å². The Hall–Kier alpha value is -4.45. The summed E-state index contributed by atoms with van der Waals surface area (Å²) in [6, 6.07) is 12.0. The van der Waals surface area contributed by atoms with Crippen molar-refractivity contribution in [1.29, 1.82) is 0 Å². The van der Waals surface area contributed by atoms with Crippen LogP contribution in [-0.4, -0.2) is 90.1 Å². The number of likely N-dealkylation sites (N-methyl/N-ethyl adjacent to an activating group) is 1. The number of carbonyl (C=O) groups excluding carboxylic acids is 5. The Balaban J connectivity index is 1.55. The lowest BCUT2D eigenvalue weighted by Gasteiger charge is -2.37. The molecule has 1 aliphatic heterocycles. The van der Waals surface area contributed by atoms with Crippen LogP contribution in [0.3, 0.4) is 0 Å². The number of fused-ring (bicyclic) bond motifs is 1. The Morgan fingerprint density at radius 3 is 2.27 bits per heavy atom. The number of benzene rings is 2. The van der Waals surface area contributed by atoms with Gasteiger partial charge in [0.25, 0.3) is 0 Å². The molecule has 51 heavy (non-hydrogen) atoms. The quantitative estimate of drug-likeness (QED) is 0.331. The first-order valence-corrected chi connectivity index (χ1v) is 17.6. The predicted molar refractivity (Wildman–Crippen MR) is 192 cm³/mol. The van der Waals surface area contributed by atoms with Gasteiger partial charge >= 0.3 is 12.1 Å². The van der Waals surface area contributed by atoms with Crippen LogP contribution in [0.4, 0.5) is 4.79 Å². The average molecular weight is 707 g/mol. The number of hydrogen-bond acceptors (Lipinski definition) is 8. The van der Waals surface area contributed by atoms with E-state index in [0.29, 0.717) is 5.56 Å². The number of esters is 1. The molecule has 1 heterocycles. The van der Waals surface area contributed by atoms with Gasteiger partial charge in [0, 0.05) is 20.0 Å². The lowest BCUT2D eigenvalue weighted by molar-refractivity contribution is -0.144. The molecule has 0 bridgehead atoms. The van der Waals surface area contributed by atoms with Crippen LogP contribution in [0.5, 0.6) is 0 Å². The Labute approximate surface area is 301 Å². The SMILES string of the molecule is COC(=O)c1ccc(COC2CC(C(=O)NC3CCCc4ccccc43)N(C(=O)C(NC(=O)C(C)N(C)C(=O)OC(C)(C)C)C(C)(C)C)C2)cc1. The molecule has 1 saturated heterocycles. The number of aryl methyl sites for hydroxylation is 1. The zero-order valence-corrected chi connectivity index (χ0v) is 31.4. The molecule has 0 spiro atoms. The highest BCUT2D eigenvalue weighted by Crippen LogP contribution is 2.32. The van der Waals surface area contributed by atoms with Crippen LogP contribution in [0.2, 0.25) is 0 Å². The molecular formula is C39H54N4O8. The van der Waals surface area contributed by atoms with Crippen molar-refractivity contribution in [2.45, 2.75) is 117 Å². The molecular weight excluding hydrogens is 652 g/mol. The molecule has 278 valence electrons. The second kappa shape index (κ2) is 16.3. The van der Waals surface area contributed by atoms with Gasteiger partial charge in [0.05, 0.1) is 31.4 Å². The Bertz CT molecular complexity index is 1580. The summed E-state index contributed by atoms with van der Waals surface area (Å²) in [5.41, 5.74) is 2.02. The van der Waals surface area contributed by atoms with Crippen molar-refractivity contribution in [3.05, 3.63) is 70.8 Å². The van der Waals surface area contributed by atoms with Crippen molar-refractivity contribution in [3.8, 4) is 0 Å². The van der Waals surface area contributed by atoms with Crippen LogP contribution in [-0.2, 0) is 41.6 Å². The molecule has 0 saturated carbocycles. The zero-order valence-electron chi connectivity index (χ0n) is 31.4. The van der Waals surface area contributed by atoms with Crippen molar-refractivity contribution in [2.75, 3.05) is 20.7 Å². The molecule has 12 heteroatoms. The fourth-order valence-corrected chi connectivity index (χ4v) is 6.40. The van der Waals surface area contributed by atoms with Gasteiger partial charge in [-0.15, -0.1) is 0 Å². The Morgan fingerprint density at radius 1 is 0.980 bits per heavy atom. The van der Waals surface area contributed by atoms with Crippen LogP contribution in [0.15, 0.2) is 48.5 Å². The van der Waals surface area contributed by atoms with Crippen molar-refractivity contribution in [3.63, 3.8) is 0 Å². The lowest BCUT2D eigenvalue weighted by atomic mass is 9.85. The summed E-state index contributed by atoms with van der Waals surface area (Å²) in [5, 5.41) is 6.11. The Morgan fingerprint density at radius 2 is 1.65 bits per heavy atom. The zero-order chi connectivity index (χ0) is 37.7. The van der Waals surface area contributed by atoms with Crippen LogP contribution < -0.4 is 10.6 Å². The number of ether oxygens (including phenoxy) is 3. The van der Waals surface area contributed by atoms with Gasteiger partial charge < -0.3 is 29.7 Å². The number of hydrogen-bond donors (Lipinski definition) is 2. The van der Waals surface area contributed by atoms with Gasteiger partial charge in [-0.1, -0.05) is 57.2 Å². The number of carbonyl (C=O) groups is 5. The largest absolute Gasteiger partial charge is 0.465 e.